The van der Waals surface area contributed by atoms with Crippen molar-refractivity contribution >= 4 is 53.0 Å². The number of aryl methyl sites for hydroxylation is 2. The topological polar surface area (TPSA) is 123 Å². The molecule has 0 atom stereocenters. The molecular weight excluding hydrogens is 675 g/mol. The number of aromatic nitrogens is 3. The van der Waals surface area contributed by atoms with Crippen LogP contribution >= 0.6 is 11.8 Å². The van der Waals surface area contributed by atoms with Crippen LogP contribution in [0.15, 0.2) is 109 Å². The number of ether oxygens (including phenoxy) is 1. The first-order valence-corrected chi connectivity index (χ1v) is 18.3. The first-order chi connectivity index (χ1) is 25.4. The maximum atomic E-state index is 13.5. The molecule has 2 aromatic carbocycles. The van der Waals surface area contributed by atoms with Gasteiger partial charge in [-0.3, -0.25) is 24.3 Å². The van der Waals surface area contributed by atoms with Gasteiger partial charge < -0.3 is 29.8 Å². The SMILES string of the molecule is Cn1cc(NC(=O)c2ccc(/C=C/c3ccncc3)cc2)cc1C(=O)Nc1cc(C(=O)NCCN2CCOCC2)n(CCCSc2ccccc2)c1. The van der Waals surface area contributed by atoms with Gasteiger partial charge in [-0.15, -0.1) is 11.8 Å². The maximum absolute atomic E-state index is 13.5. The lowest BCUT2D eigenvalue weighted by Crippen LogP contribution is -2.41. The molecule has 0 aliphatic carbocycles. The fraction of sp³-hybridized carbons (Fsp3) is 0.250. The number of pyridine rings is 1. The Morgan fingerprint density at radius 2 is 1.46 bits per heavy atom. The summed E-state index contributed by atoms with van der Waals surface area (Å²) in [5, 5.41) is 8.90. The summed E-state index contributed by atoms with van der Waals surface area (Å²) in [5.41, 5.74) is 4.34. The number of nitrogens with zero attached hydrogens (tertiary/aromatic N) is 4. The van der Waals surface area contributed by atoms with Crippen molar-refractivity contribution in [2.45, 2.75) is 17.9 Å². The Bertz CT molecular complexity index is 1970. The highest BCUT2D eigenvalue weighted by Gasteiger charge is 2.19. The van der Waals surface area contributed by atoms with Crippen LogP contribution in [-0.4, -0.2) is 81.9 Å². The Labute approximate surface area is 308 Å². The third-order valence-corrected chi connectivity index (χ3v) is 9.70. The number of hydrogen-bond donors (Lipinski definition) is 3. The van der Waals surface area contributed by atoms with Crippen LogP contribution in [-0.2, 0) is 18.3 Å². The van der Waals surface area contributed by atoms with Gasteiger partial charge in [0.05, 0.1) is 24.6 Å². The van der Waals surface area contributed by atoms with E-state index in [0.717, 1.165) is 42.9 Å². The summed E-state index contributed by atoms with van der Waals surface area (Å²) in [7, 11) is 1.75. The van der Waals surface area contributed by atoms with E-state index in [0.29, 0.717) is 54.6 Å². The summed E-state index contributed by atoms with van der Waals surface area (Å²) in [4.78, 5) is 47.4. The van der Waals surface area contributed by atoms with Gasteiger partial charge in [0.25, 0.3) is 17.7 Å². The first-order valence-electron chi connectivity index (χ1n) is 17.3. The van der Waals surface area contributed by atoms with Crippen molar-refractivity contribution in [1.82, 2.24) is 24.3 Å². The minimum absolute atomic E-state index is 0.189. The van der Waals surface area contributed by atoms with Crippen LogP contribution in [0.5, 0.6) is 0 Å². The molecule has 1 saturated heterocycles. The van der Waals surface area contributed by atoms with Crippen molar-refractivity contribution in [3.8, 4) is 0 Å². The summed E-state index contributed by atoms with van der Waals surface area (Å²) in [5.74, 6) is 0.0532. The van der Waals surface area contributed by atoms with Gasteiger partial charge >= 0.3 is 0 Å². The van der Waals surface area contributed by atoms with Crippen LogP contribution in [0, 0.1) is 0 Å². The molecule has 268 valence electrons. The fourth-order valence-corrected chi connectivity index (χ4v) is 6.67. The molecule has 1 aliphatic rings. The number of morpholine rings is 1. The number of benzene rings is 2. The van der Waals surface area contributed by atoms with Crippen LogP contribution in [0.4, 0.5) is 11.4 Å². The molecule has 0 saturated carbocycles. The van der Waals surface area contributed by atoms with Crippen molar-refractivity contribution in [2.75, 3.05) is 55.8 Å². The number of thioether (sulfide) groups is 1. The predicted octanol–water partition coefficient (Wildman–Crippen LogP) is 6.14. The van der Waals surface area contributed by atoms with E-state index in [-0.39, 0.29) is 17.7 Å². The first kappa shape index (κ1) is 36.4. The third-order valence-electron chi connectivity index (χ3n) is 8.60. The van der Waals surface area contributed by atoms with E-state index < -0.39 is 0 Å². The molecule has 5 aromatic rings. The zero-order valence-electron chi connectivity index (χ0n) is 29.2. The zero-order chi connectivity index (χ0) is 36.1. The lowest BCUT2D eigenvalue weighted by Gasteiger charge is -2.26. The molecule has 3 aromatic heterocycles. The lowest BCUT2D eigenvalue weighted by atomic mass is 10.1. The molecule has 1 aliphatic heterocycles. The number of rotatable bonds is 15. The van der Waals surface area contributed by atoms with Crippen LogP contribution in [0.25, 0.3) is 12.2 Å². The molecule has 1 fully saturated rings. The number of carbonyl (C=O) groups excluding carboxylic acids is 3. The molecule has 3 amide bonds. The van der Waals surface area contributed by atoms with Crippen LogP contribution in [0.2, 0.25) is 0 Å². The molecule has 52 heavy (non-hydrogen) atoms. The number of amides is 3. The average molecular weight is 718 g/mol. The van der Waals surface area contributed by atoms with E-state index in [2.05, 4.69) is 38.0 Å². The van der Waals surface area contributed by atoms with Gasteiger partial charge in [-0.25, -0.2) is 0 Å². The van der Waals surface area contributed by atoms with E-state index in [1.165, 1.54) is 4.90 Å². The summed E-state index contributed by atoms with van der Waals surface area (Å²) in [6, 6.07) is 24.7. The Morgan fingerprint density at radius 3 is 2.21 bits per heavy atom. The van der Waals surface area contributed by atoms with Crippen molar-refractivity contribution in [3.05, 3.63) is 132 Å². The second kappa shape index (κ2) is 18.2. The lowest BCUT2D eigenvalue weighted by molar-refractivity contribution is 0.0383. The summed E-state index contributed by atoms with van der Waals surface area (Å²) < 4.78 is 8.99. The molecule has 0 radical (unpaired) electrons. The van der Waals surface area contributed by atoms with Gasteiger partial charge in [-0.05, 0) is 71.8 Å². The van der Waals surface area contributed by atoms with Crippen LogP contribution in [0.1, 0.15) is 48.9 Å². The van der Waals surface area contributed by atoms with Gasteiger partial charge in [0.1, 0.15) is 11.4 Å². The number of nitrogens with one attached hydrogen (secondary N) is 3. The highest BCUT2D eigenvalue weighted by molar-refractivity contribution is 7.99. The monoisotopic (exact) mass is 717 g/mol. The Hall–Kier alpha value is -5.43. The largest absolute Gasteiger partial charge is 0.379 e. The molecule has 12 heteroatoms. The van der Waals surface area contributed by atoms with E-state index in [9.17, 15) is 14.4 Å². The van der Waals surface area contributed by atoms with E-state index >= 15 is 0 Å². The number of hydrogen-bond acceptors (Lipinski definition) is 7. The Balaban J connectivity index is 1.07. The average Bonchev–Trinajstić information content (AvgIpc) is 3.76. The maximum Gasteiger partial charge on any atom is 0.272 e. The Kier molecular flexibility index (Phi) is 12.7. The van der Waals surface area contributed by atoms with Crippen molar-refractivity contribution in [3.63, 3.8) is 0 Å². The summed E-state index contributed by atoms with van der Waals surface area (Å²) in [6.07, 6.45) is 11.8. The fourth-order valence-electron chi connectivity index (χ4n) is 5.81. The molecule has 4 heterocycles. The predicted molar refractivity (Wildman–Crippen MR) is 207 cm³/mol. The van der Waals surface area contributed by atoms with Gasteiger partial charge in [0.15, 0.2) is 0 Å². The summed E-state index contributed by atoms with van der Waals surface area (Å²) in [6.45, 7) is 4.99. The highest BCUT2D eigenvalue weighted by Crippen LogP contribution is 2.22. The van der Waals surface area contributed by atoms with Crippen LogP contribution < -0.4 is 16.0 Å². The molecule has 6 rings (SSSR count). The van der Waals surface area contributed by atoms with E-state index in [1.54, 1.807) is 66.2 Å². The van der Waals surface area contributed by atoms with E-state index in [4.69, 9.17) is 4.74 Å². The molecule has 3 N–H and O–H groups in total. The van der Waals surface area contributed by atoms with E-state index in [1.807, 2.05) is 65.4 Å². The number of carbonyl (C=O) groups is 3. The summed E-state index contributed by atoms with van der Waals surface area (Å²) >= 11 is 1.77. The standard InChI is InChI=1S/C40H43N7O4S/c1-45-28-33(43-38(48)32-12-10-30(11-13-32)8-9-31-14-16-41-17-15-31)26-36(45)40(50)44-34-27-37(39(49)42-18-20-46-21-23-51-24-22-46)47(29-34)19-5-25-52-35-6-3-2-4-7-35/h2-4,6-17,26-29H,5,18-25H2,1H3,(H,42,49)(H,43,48)(H,44,50)/b9-8+. The molecule has 0 unspecified atom stereocenters. The minimum atomic E-state index is -0.357. The second-order valence-electron chi connectivity index (χ2n) is 12.4. The zero-order valence-corrected chi connectivity index (χ0v) is 30.0. The quantitative estimate of drug-likeness (QED) is 0.0879. The third kappa shape index (κ3) is 10.3. The van der Waals surface area contributed by atoms with Crippen molar-refractivity contribution in [1.29, 1.82) is 0 Å². The van der Waals surface area contributed by atoms with Gasteiger partial charge in [0, 0.05) is 75.0 Å². The van der Waals surface area contributed by atoms with Gasteiger partial charge in [-0.2, -0.15) is 0 Å². The molecule has 11 nitrogen and oxygen atoms in total. The second-order valence-corrected chi connectivity index (χ2v) is 13.6. The minimum Gasteiger partial charge on any atom is -0.379 e. The van der Waals surface area contributed by atoms with Crippen molar-refractivity contribution < 1.29 is 19.1 Å². The molecule has 0 spiro atoms. The molecular formula is C40H43N7O4S. The normalized spacial score (nSPS) is 13.2. The highest BCUT2D eigenvalue weighted by atomic mass is 32.2. The smallest absolute Gasteiger partial charge is 0.272 e. The van der Waals surface area contributed by atoms with Gasteiger partial charge in [-0.1, -0.05) is 42.5 Å². The Morgan fingerprint density at radius 1 is 0.788 bits per heavy atom. The number of anilines is 2. The van der Waals surface area contributed by atoms with Gasteiger partial charge in [0.2, 0.25) is 0 Å². The van der Waals surface area contributed by atoms with Crippen LogP contribution in [0.3, 0.4) is 0 Å². The molecule has 0 bridgehead atoms. The van der Waals surface area contributed by atoms with Crippen molar-refractivity contribution in [2.24, 2.45) is 7.05 Å².